The molecule has 1 aromatic heterocycles. The largest absolute Gasteiger partial charge is 0.512 e. The van der Waals surface area contributed by atoms with E-state index in [9.17, 15) is 4.79 Å². The summed E-state index contributed by atoms with van der Waals surface area (Å²) >= 11 is 0. The minimum Gasteiger partial charge on any atom is -0.512 e. The minimum absolute atomic E-state index is 0. The van der Waals surface area contributed by atoms with E-state index >= 15 is 0 Å². The van der Waals surface area contributed by atoms with Crippen LogP contribution in [0.2, 0.25) is 0 Å². The van der Waals surface area contributed by atoms with Gasteiger partial charge in [-0.25, -0.2) is 0 Å². The van der Waals surface area contributed by atoms with Crippen LogP contribution in [0.4, 0.5) is 0 Å². The first-order chi connectivity index (χ1) is 15.6. The number of hydrogen-bond donors (Lipinski definition) is 1. The number of carbonyl (C=O) groups is 1. The normalized spacial score (nSPS) is 12.8. The Kier molecular flexibility index (Phi) is 11.1. The minimum atomic E-state index is -0.233. The van der Waals surface area contributed by atoms with Crippen molar-refractivity contribution in [3.8, 4) is 11.3 Å². The number of hydrogen-bond acceptors (Lipinski definition) is 4. The van der Waals surface area contributed by atoms with Gasteiger partial charge in [0, 0.05) is 39.8 Å². The summed E-state index contributed by atoms with van der Waals surface area (Å²) in [5.74, 6) is 0.577. The molecule has 0 aliphatic heterocycles. The summed E-state index contributed by atoms with van der Waals surface area (Å²) in [7, 11) is 0. The molecule has 4 rings (SSSR count). The maximum Gasteiger partial charge on any atom is 0.196 e. The van der Waals surface area contributed by atoms with Gasteiger partial charge in [0.15, 0.2) is 12.4 Å². The first kappa shape index (κ1) is 26.0. The summed E-state index contributed by atoms with van der Waals surface area (Å²) in [5.41, 5.74) is 4.50. The average molecular weight is 620 g/mol. The van der Waals surface area contributed by atoms with Gasteiger partial charge in [-0.15, -0.1) is 35.9 Å². The van der Waals surface area contributed by atoms with E-state index in [2.05, 4.69) is 23.2 Å². The van der Waals surface area contributed by atoms with Crippen LogP contribution in [0.1, 0.15) is 25.3 Å². The molecule has 5 heteroatoms. The first-order valence-electron chi connectivity index (χ1n) is 10.5. The summed E-state index contributed by atoms with van der Waals surface area (Å²) in [6.07, 6.45) is 8.60. The fourth-order valence-corrected chi connectivity index (χ4v) is 3.14. The zero-order valence-electron chi connectivity index (χ0n) is 18.4. The maximum atomic E-state index is 11.4. The van der Waals surface area contributed by atoms with E-state index in [0.717, 1.165) is 29.9 Å². The van der Waals surface area contributed by atoms with E-state index in [-0.39, 0.29) is 39.2 Å². The second kappa shape index (κ2) is 14.0. The second-order valence-electron chi connectivity index (χ2n) is 7.22. The third kappa shape index (κ3) is 9.03. The fourth-order valence-electron chi connectivity index (χ4n) is 3.14. The molecule has 4 nitrogen and oxygen atoms in total. The van der Waals surface area contributed by atoms with Crippen molar-refractivity contribution in [2.75, 3.05) is 6.61 Å². The molecule has 0 amide bonds. The molecule has 0 saturated heterocycles. The van der Waals surface area contributed by atoms with Crippen LogP contribution in [-0.2, 0) is 30.6 Å². The Hall–Kier alpha value is -3.23. The van der Waals surface area contributed by atoms with E-state index in [1.807, 2.05) is 72.8 Å². The van der Waals surface area contributed by atoms with E-state index in [4.69, 9.17) is 9.84 Å². The van der Waals surface area contributed by atoms with Gasteiger partial charge in [-0.3, -0.25) is 4.79 Å². The van der Waals surface area contributed by atoms with E-state index in [0.29, 0.717) is 0 Å². The number of aliphatic hydroxyl groups excluding tert-OH is 1. The van der Waals surface area contributed by atoms with Crippen LogP contribution in [0.5, 0.6) is 0 Å². The van der Waals surface area contributed by atoms with Gasteiger partial charge in [-0.2, -0.15) is 0 Å². The smallest absolute Gasteiger partial charge is 0.196 e. The van der Waals surface area contributed by atoms with Crippen LogP contribution < -0.4 is 0 Å². The number of nitrogens with zero attached hydrogens (tertiary/aromatic N) is 1. The van der Waals surface area contributed by atoms with Crippen molar-refractivity contribution in [1.82, 2.24) is 4.98 Å². The molecule has 33 heavy (non-hydrogen) atoms. The standard InChI is InChI=1S/C17H18O3.C11H8N.Pt/c1-13(18)11-16(19)12-20-17-9-7-15(8-10-17)14-5-3-2-4-6-14;1-2-6-10(7-3-1)11-8-4-5-9-12-11;/h2-7,9,11,18H,8,10,12H2,1H3;1-6,8-9H;/q;-1;/b13-11-;;. The van der Waals surface area contributed by atoms with Crippen LogP contribution in [0.15, 0.2) is 109 Å². The molecular formula is C28H26NO3Pt-. The van der Waals surface area contributed by atoms with E-state index < -0.39 is 0 Å². The maximum absolute atomic E-state index is 11.4. The topological polar surface area (TPSA) is 59.4 Å². The quantitative estimate of drug-likeness (QED) is 0.199. The van der Waals surface area contributed by atoms with Crippen molar-refractivity contribution in [3.05, 3.63) is 120 Å². The number of rotatable bonds is 6. The van der Waals surface area contributed by atoms with E-state index in [1.165, 1.54) is 24.1 Å². The molecule has 0 spiro atoms. The van der Waals surface area contributed by atoms with Crippen molar-refractivity contribution in [2.45, 2.75) is 19.8 Å². The number of allylic oxidation sites excluding steroid dienone is 5. The molecule has 172 valence electrons. The first-order valence-corrected chi connectivity index (χ1v) is 10.5. The van der Waals surface area contributed by atoms with Gasteiger partial charge in [0.05, 0.1) is 11.5 Å². The Morgan fingerprint density at radius 2 is 1.79 bits per heavy atom. The van der Waals surface area contributed by atoms with Crippen LogP contribution in [-0.4, -0.2) is 22.5 Å². The summed E-state index contributed by atoms with van der Waals surface area (Å²) in [6.45, 7) is 1.44. The predicted molar refractivity (Wildman–Crippen MR) is 128 cm³/mol. The van der Waals surface area contributed by atoms with Gasteiger partial charge in [0.2, 0.25) is 0 Å². The molecule has 1 aliphatic rings. The Morgan fingerprint density at radius 3 is 2.39 bits per heavy atom. The van der Waals surface area contributed by atoms with Gasteiger partial charge >= 0.3 is 0 Å². The van der Waals surface area contributed by atoms with Gasteiger partial charge in [-0.1, -0.05) is 48.5 Å². The molecular weight excluding hydrogens is 593 g/mol. The number of benzene rings is 2. The molecule has 0 atom stereocenters. The van der Waals surface area contributed by atoms with Crippen LogP contribution in [0.3, 0.4) is 0 Å². The summed E-state index contributed by atoms with van der Waals surface area (Å²) < 4.78 is 5.44. The van der Waals surface area contributed by atoms with Gasteiger partial charge in [0.25, 0.3) is 0 Å². The average Bonchev–Trinajstić information content (AvgIpc) is 2.85. The molecule has 0 bridgehead atoms. The Bertz CT molecular complexity index is 1050. The monoisotopic (exact) mass is 619 g/mol. The van der Waals surface area contributed by atoms with Crippen LogP contribution in [0.25, 0.3) is 16.8 Å². The Morgan fingerprint density at radius 1 is 1.03 bits per heavy atom. The second-order valence-corrected chi connectivity index (χ2v) is 7.22. The summed E-state index contributed by atoms with van der Waals surface area (Å²) in [5, 5.41) is 8.98. The van der Waals surface area contributed by atoms with E-state index in [1.54, 1.807) is 6.20 Å². The third-order valence-corrected chi connectivity index (χ3v) is 4.68. The number of aromatic nitrogens is 1. The zero-order valence-corrected chi connectivity index (χ0v) is 20.7. The fraction of sp³-hybridized carbons (Fsp3) is 0.143. The molecule has 2 aromatic carbocycles. The Labute approximate surface area is 209 Å². The summed E-state index contributed by atoms with van der Waals surface area (Å²) in [6, 6.07) is 27.0. The van der Waals surface area contributed by atoms with Crippen molar-refractivity contribution in [3.63, 3.8) is 0 Å². The molecule has 0 fully saturated rings. The summed E-state index contributed by atoms with van der Waals surface area (Å²) in [4.78, 5) is 15.6. The Balaban J connectivity index is 0.000000253. The van der Waals surface area contributed by atoms with Gasteiger partial charge < -0.3 is 14.8 Å². The van der Waals surface area contributed by atoms with Gasteiger partial charge in [-0.05, 0) is 42.3 Å². The predicted octanol–water partition coefficient (Wildman–Crippen LogP) is 6.34. The number of ether oxygens (including phenoxy) is 1. The molecule has 0 unspecified atom stereocenters. The number of pyridine rings is 1. The van der Waals surface area contributed by atoms with Crippen molar-refractivity contribution in [1.29, 1.82) is 0 Å². The molecule has 0 radical (unpaired) electrons. The molecule has 0 saturated carbocycles. The molecule has 1 heterocycles. The van der Waals surface area contributed by atoms with Crippen molar-refractivity contribution < 1.29 is 35.7 Å². The zero-order chi connectivity index (χ0) is 22.6. The molecule has 1 N–H and O–H groups in total. The van der Waals surface area contributed by atoms with Crippen LogP contribution in [0, 0.1) is 6.07 Å². The van der Waals surface area contributed by atoms with Crippen molar-refractivity contribution >= 4 is 11.4 Å². The number of aliphatic hydroxyl groups is 1. The van der Waals surface area contributed by atoms with Gasteiger partial charge in [0.1, 0.15) is 0 Å². The van der Waals surface area contributed by atoms with Crippen LogP contribution >= 0.6 is 0 Å². The third-order valence-electron chi connectivity index (χ3n) is 4.68. The van der Waals surface area contributed by atoms with Crippen molar-refractivity contribution in [2.24, 2.45) is 0 Å². The number of ketones is 1. The molecule has 3 aromatic rings. The molecule has 1 aliphatic carbocycles. The SMILES string of the molecule is C/C(O)=C/C(=O)COC1=CC=C(c2ccccc2)CC1.[Pt].[c-]1ccccc1-c1ccccn1. The number of carbonyl (C=O) groups excluding carboxylic acids is 1.